The van der Waals surface area contributed by atoms with E-state index in [0.29, 0.717) is 44.0 Å². The third-order valence-corrected chi connectivity index (χ3v) is 13.5. The van der Waals surface area contributed by atoms with Crippen LogP contribution in [0.25, 0.3) is 0 Å². The number of amides is 1. The number of nitrogens with zero attached hydrogens (tertiary/aromatic N) is 2. The number of unbranched alkanes of at least 4 members (excludes halogenated alkanes) is 11. The number of rotatable bonds is 28. The molecule has 2 aromatic rings. The second-order valence-corrected chi connectivity index (χ2v) is 17.8. The van der Waals surface area contributed by atoms with Crippen molar-refractivity contribution in [3.05, 3.63) is 72.3 Å². The van der Waals surface area contributed by atoms with Gasteiger partial charge in [0.05, 0.1) is 24.8 Å². The van der Waals surface area contributed by atoms with Crippen LogP contribution in [0.4, 0.5) is 4.79 Å². The Kier molecular flexibility index (Phi) is 20.3. The van der Waals surface area contributed by atoms with Crippen LogP contribution in [0, 0.1) is 17.8 Å². The Bertz CT molecular complexity index is 1700. The number of ether oxygens (including phenoxy) is 4. The van der Waals surface area contributed by atoms with Gasteiger partial charge < -0.3 is 38.9 Å². The summed E-state index contributed by atoms with van der Waals surface area (Å²) in [7, 11) is 1.78. The lowest BCUT2D eigenvalue weighted by atomic mass is 9.55. The standard InChI is InChI=1S/C50H74N2O8S/c1-6-9-10-11-12-13-14-15-16-21-33-56-49(55)52(4)46-36-44(51-58-8-3)42-34-37(22-17-19-30-53)41(23-18-20-31-54)47-43-35-39(59-38-24-27-40(61-5)28-25-38)26-29-45(43)60-50(46,48(42)47)57-32-7-2/h7,24-29,34-35,37,41,46-48,53-54H,2,6,8-23,30-33,36H2,1,3-5H3. The number of carbonyl (C=O) groups excluding carboxylic acids is 1. The minimum Gasteiger partial charge on any atom is -0.459 e. The van der Waals surface area contributed by atoms with Crippen LogP contribution in [0.5, 0.6) is 17.2 Å². The van der Waals surface area contributed by atoms with Gasteiger partial charge in [0.15, 0.2) is 0 Å². The lowest BCUT2D eigenvalue weighted by molar-refractivity contribution is -0.253. The normalized spacial score (nSPS) is 23.3. The number of benzene rings is 2. The Balaban J connectivity index is 1.52. The molecule has 2 aliphatic carbocycles. The second kappa shape index (κ2) is 25.6. The number of hydrogen-bond acceptors (Lipinski definition) is 10. The molecule has 1 aliphatic heterocycles. The first kappa shape index (κ1) is 48.5. The monoisotopic (exact) mass is 863 g/mol. The second-order valence-electron chi connectivity index (χ2n) is 16.9. The predicted molar refractivity (Wildman–Crippen MR) is 246 cm³/mol. The van der Waals surface area contributed by atoms with Crippen molar-refractivity contribution in [2.45, 2.75) is 146 Å². The molecule has 1 heterocycles. The minimum atomic E-state index is -1.32. The van der Waals surface area contributed by atoms with Gasteiger partial charge in [-0.15, -0.1) is 18.3 Å². The Hall–Kier alpha value is -3.51. The molecule has 11 heteroatoms. The molecule has 0 saturated heterocycles. The summed E-state index contributed by atoms with van der Waals surface area (Å²) in [4.78, 5) is 22.8. The van der Waals surface area contributed by atoms with Crippen LogP contribution >= 0.6 is 11.8 Å². The number of aliphatic hydroxyl groups is 2. The molecule has 0 radical (unpaired) electrons. The largest absolute Gasteiger partial charge is 0.459 e. The number of hydrogen-bond donors (Lipinski definition) is 2. The van der Waals surface area contributed by atoms with E-state index >= 15 is 0 Å². The maximum atomic E-state index is 14.1. The van der Waals surface area contributed by atoms with Gasteiger partial charge in [-0.25, -0.2) is 4.79 Å². The molecular weight excluding hydrogens is 789 g/mol. The van der Waals surface area contributed by atoms with Gasteiger partial charge in [-0.2, -0.15) is 0 Å². The SMILES string of the molecule is C=CCOC12Oc3ccc(Oc4ccc(SC)cc4)cc3C3C(CCCCO)C(CCCCO)C=C(C(=NOCC)CC1N(C)C(=O)OCCCCCCCCCCCC)C32. The highest BCUT2D eigenvalue weighted by atomic mass is 32.2. The molecular formula is C50H74N2O8S. The topological polar surface area (TPSA) is 119 Å². The zero-order chi connectivity index (χ0) is 43.5. The molecule has 1 amide bonds. The van der Waals surface area contributed by atoms with E-state index in [2.05, 4.69) is 44.0 Å². The van der Waals surface area contributed by atoms with Gasteiger partial charge in [-0.3, -0.25) is 0 Å². The molecule has 6 atom stereocenters. The molecule has 61 heavy (non-hydrogen) atoms. The molecule has 5 rings (SSSR count). The van der Waals surface area contributed by atoms with E-state index in [9.17, 15) is 15.0 Å². The number of carbonyl (C=O) groups is 1. The summed E-state index contributed by atoms with van der Waals surface area (Å²) in [5, 5.41) is 24.5. The van der Waals surface area contributed by atoms with Crippen LogP contribution in [0.15, 0.2) is 76.8 Å². The Labute approximate surface area is 370 Å². The molecule has 10 nitrogen and oxygen atoms in total. The average molecular weight is 863 g/mol. The van der Waals surface area contributed by atoms with E-state index < -0.39 is 17.9 Å². The number of oxime groups is 1. The van der Waals surface area contributed by atoms with Crippen LogP contribution in [-0.4, -0.2) is 85.1 Å². The van der Waals surface area contributed by atoms with Crippen molar-refractivity contribution in [3.8, 4) is 17.2 Å². The molecule has 0 spiro atoms. The summed E-state index contributed by atoms with van der Waals surface area (Å²) in [5.41, 5.74) is 2.78. The maximum absolute atomic E-state index is 14.1. The Morgan fingerprint density at radius 2 is 1.59 bits per heavy atom. The molecule has 6 unspecified atom stereocenters. The van der Waals surface area contributed by atoms with Crippen molar-refractivity contribution in [2.24, 2.45) is 22.9 Å². The third-order valence-electron chi connectivity index (χ3n) is 12.7. The minimum absolute atomic E-state index is 0.116. The quantitative estimate of drug-likeness (QED) is 0.0373. The summed E-state index contributed by atoms with van der Waals surface area (Å²) >= 11 is 1.69. The van der Waals surface area contributed by atoms with Gasteiger partial charge in [-0.1, -0.05) is 94.9 Å². The Morgan fingerprint density at radius 3 is 2.25 bits per heavy atom. The molecule has 338 valence electrons. The fourth-order valence-corrected chi connectivity index (χ4v) is 10.1. The molecule has 1 fully saturated rings. The van der Waals surface area contributed by atoms with Gasteiger partial charge >= 0.3 is 6.09 Å². The van der Waals surface area contributed by atoms with Gasteiger partial charge in [0.1, 0.15) is 29.9 Å². The zero-order valence-corrected chi connectivity index (χ0v) is 38.3. The highest BCUT2D eigenvalue weighted by Crippen LogP contribution is 2.62. The van der Waals surface area contributed by atoms with Gasteiger partial charge in [-0.05, 0) is 105 Å². The molecule has 2 N–H and O–H groups in total. The fourth-order valence-electron chi connectivity index (χ4n) is 9.69. The van der Waals surface area contributed by atoms with Gasteiger partial charge in [0, 0.05) is 43.1 Å². The number of aliphatic hydroxyl groups excluding tert-OH is 2. The van der Waals surface area contributed by atoms with Crippen LogP contribution in [0.1, 0.15) is 134 Å². The van der Waals surface area contributed by atoms with Crippen molar-refractivity contribution in [2.75, 3.05) is 46.3 Å². The number of allylic oxidation sites excluding steroid dienone is 1. The van der Waals surface area contributed by atoms with E-state index in [1.54, 1.807) is 29.8 Å². The number of fused-ring (bicyclic) bond motifs is 2. The molecule has 0 aromatic heterocycles. The first-order chi connectivity index (χ1) is 29.8. The van der Waals surface area contributed by atoms with Crippen LogP contribution in [0.3, 0.4) is 0 Å². The van der Waals surface area contributed by atoms with E-state index in [1.807, 2.05) is 31.2 Å². The van der Waals surface area contributed by atoms with E-state index in [1.165, 1.54) is 44.9 Å². The fraction of sp³-hybridized carbons (Fsp3) is 0.640. The lowest BCUT2D eigenvalue weighted by Gasteiger charge is -2.59. The first-order valence-corrected chi connectivity index (χ1v) is 24.5. The van der Waals surface area contributed by atoms with E-state index in [0.717, 1.165) is 72.4 Å². The van der Waals surface area contributed by atoms with Crippen molar-refractivity contribution >= 4 is 23.6 Å². The lowest BCUT2D eigenvalue weighted by Crippen LogP contribution is -2.69. The van der Waals surface area contributed by atoms with Gasteiger partial charge in [0.25, 0.3) is 0 Å². The van der Waals surface area contributed by atoms with Crippen LogP contribution in [0.2, 0.25) is 0 Å². The van der Waals surface area contributed by atoms with E-state index in [4.69, 9.17) is 28.9 Å². The third kappa shape index (κ3) is 12.8. The van der Waals surface area contributed by atoms with Crippen molar-refractivity contribution in [1.29, 1.82) is 0 Å². The predicted octanol–water partition coefficient (Wildman–Crippen LogP) is 11.8. The first-order valence-electron chi connectivity index (χ1n) is 23.3. The van der Waals surface area contributed by atoms with Crippen molar-refractivity contribution in [3.63, 3.8) is 0 Å². The zero-order valence-electron chi connectivity index (χ0n) is 37.5. The molecule has 1 saturated carbocycles. The van der Waals surface area contributed by atoms with Crippen LogP contribution in [-0.2, 0) is 14.3 Å². The van der Waals surface area contributed by atoms with Crippen molar-refractivity contribution < 1.29 is 38.8 Å². The molecule has 2 aromatic carbocycles. The summed E-state index contributed by atoms with van der Waals surface area (Å²) in [6.45, 7) is 9.39. The smallest absolute Gasteiger partial charge is 0.409 e. The highest BCUT2D eigenvalue weighted by Gasteiger charge is 2.65. The van der Waals surface area contributed by atoms with E-state index in [-0.39, 0.29) is 43.5 Å². The van der Waals surface area contributed by atoms with Crippen LogP contribution < -0.4 is 9.47 Å². The Morgan fingerprint density at radius 1 is 0.918 bits per heavy atom. The highest BCUT2D eigenvalue weighted by molar-refractivity contribution is 7.98. The maximum Gasteiger partial charge on any atom is 0.409 e. The molecule has 3 aliphatic rings. The number of likely N-dealkylation sites (N-methyl/N-ethyl adjacent to an activating group) is 1. The summed E-state index contributed by atoms with van der Waals surface area (Å²) in [6, 6.07) is 13.5. The average Bonchev–Trinajstić information content (AvgIpc) is 3.28. The summed E-state index contributed by atoms with van der Waals surface area (Å²) in [6.07, 6.45) is 22.9. The summed E-state index contributed by atoms with van der Waals surface area (Å²) in [5.74, 6) is 0.522. The van der Waals surface area contributed by atoms with Crippen molar-refractivity contribution in [1.82, 2.24) is 4.90 Å². The molecule has 0 bridgehead atoms. The number of thioether (sulfide) groups is 1. The summed E-state index contributed by atoms with van der Waals surface area (Å²) < 4.78 is 26.8. The van der Waals surface area contributed by atoms with Gasteiger partial charge in [0.2, 0.25) is 5.79 Å².